The van der Waals surface area contributed by atoms with Crippen LogP contribution in [0.2, 0.25) is 5.02 Å². The molecule has 3 aromatic rings. The normalized spacial score (nSPS) is 11.3. The predicted molar refractivity (Wildman–Crippen MR) is 117 cm³/mol. The summed E-state index contributed by atoms with van der Waals surface area (Å²) < 4.78 is 64.6. The van der Waals surface area contributed by atoms with Gasteiger partial charge in [0.2, 0.25) is 5.88 Å². The van der Waals surface area contributed by atoms with E-state index < -0.39 is 47.2 Å². The van der Waals surface area contributed by atoms with Crippen molar-refractivity contribution in [2.24, 2.45) is 7.05 Å². The first-order chi connectivity index (χ1) is 16.4. The second-order valence-electron chi connectivity index (χ2n) is 6.90. The van der Waals surface area contributed by atoms with E-state index >= 15 is 0 Å². The SMILES string of the molecule is CCOC(=O)COc1ncccc1Nc1cc(-n2c(=O)cc(C(F)(F)F)n(C)c2=O)c(F)cc1Cl. The van der Waals surface area contributed by atoms with Gasteiger partial charge in [-0.05, 0) is 31.2 Å². The van der Waals surface area contributed by atoms with E-state index in [1.54, 1.807) is 6.92 Å². The highest BCUT2D eigenvalue weighted by atomic mass is 35.5. The number of carbonyl (C=O) groups is 1. The molecule has 3 rings (SSSR count). The summed E-state index contributed by atoms with van der Waals surface area (Å²) in [6, 6.07) is 4.92. The Labute approximate surface area is 199 Å². The molecule has 0 bridgehead atoms. The third kappa shape index (κ3) is 5.62. The van der Waals surface area contributed by atoms with E-state index in [1.807, 2.05) is 0 Å². The average molecular weight is 517 g/mol. The van der Waals surface area contributed by atoms with E-state index in [2.05, 4.69) is 10.3 Å². The first kappa shape index (κ1) is 25.7. The third-order valence-corrected chi connectivity index (χ3v) is 4.87. The van der Waals surface area contributed by atoms with E-state index in [-0.39, 0.29) is 44.1 Å². The Morgan fingerprint density at radius 2 is 1.91 bits per heavy atom. The fraction of sp³-hybridized carbons (Fsp3) is 0.238. The van der Waals surface area contributed by atoms with Crippen LogP contribution in [0.4, 0.5) is 28.9 Å². The van der Waals surface area contributed by atoms with Gasteiger partial charge >= 0.3 is 17.8 Å². The van der Waals surface area contributed by atoms with Gasteiger partial charge in [0.1, 0.15) is 17.2 Å². The van der Waals surface area contributed by atoms with Crippen LogP contribution >= 0.6 is 11.6 Å². The van der Waals surface area contributed by atoms with Crippen LogP contribution in [-0.2, 0) is 22.8 Å². The van der Waals surface area contributed by atoms with Crippen LogP contribution in [0.3, 0.4) is 0 Å². The van der Waals surface area contributed by atoms with Crippen LogP contribution in [0.25, 0.3) is 5.69 Å². The number of pyridine rings is 1. The first-order valence-corrected chi connectivity index (χ1v) is 10.2. The molecule has 0 saturated heterocycles. The van der Waals surface area contributed by atoms with Crippen molar-refractivity contribution in [3.05, 3.63) is 73.9 Å². The van der Waals surface area contributed by atoms with Gasteiger partial charge in [-0.2, -0.15) is 13.2 Å². The Bertz CT molecular complexity index is 1390. The molecule has 0 saturated carbocycles. The lowest BCUT2D eigenvalue weighted by molar-refractivity contribution is -0.145. The van der Waals surface area contributed by atoms with Crippen molar-refractivity contribution in [3.63, 3.8) is 0 Å². The lowest BCUT2D eigenvalue weighted by Gasteiger charge is -2.16. The minimum absolute atomic E-state index is 0.0362. The topological polar surface area (TPSA) is 104 Å². The van der Waals surface area contributed by atoms with E-state index in [1.165, 1.54) is 18.3 Å². The Morgan fingerprint density at radius 3 is 2.57 bits per heavy atom. The minimum atomic E-state index is -4.97. The molecule has 35 heavy (non-hydrogen) atoms. The predicted octanol–water partition coefficient (Wildman–Crippen LogP) is 3.43. The minimum Gasteiger partial charge on any atom is -0.464 e. The van der Waals surface area contributed by atoms with Gasteiger partial charge < -0.3 is 14.8 Å². The van der Waals surface area contributed by atoms with Gasteiger partial charge in [0, 0.05) is 19.3 Å². The number of esters is 1. The zero-order valence-electron chi connectivity index (χ0n) is 18.2. The molecule has 1 aromatic carbocycles. The third-order valence-electron chi connectivity index (χ3n) is 4.56. The molecule has 9 nitrogen and oxygen atoms in total. The summed E-state index contributed by atoms with van der Waals surface area (Å²) in [5.74, 6) is -1.83. The van der Waals surface area contributed by atoms with Crippen molar-refractivity contribution >= 4 is 28.9 Å². The molecule has 2 heterocycles. The number of hydrogen-bond donors (Lipinski definition) is 1. The first-order valence-electron chi connectivity index (χ1n) is 9.84. The highest BCUT2D eigenvalue weighted by Crippen LogP contribution is 2.33. The fourth-order valence-electron chi connectivity index (χ4n) is 3.00. The van der Waals surface area contributed by atoms with Gasteiger partial charge in [-0.3, -0.25) is 9.36 Å². The van der Waals surface area contributed by atoms with Crippen LogP contribution < -0.4 is 21.3 Å². The number of alkyl halides is 3. The number of halogens is 5. The Morgan fingerprint density at radius 1 is 1.20 bits per heavy atom. The molecule has 0 spiro atoms. The number of anilines is 2. The van der Waals surface area contributed by atoms with E-state index in [9.17, 15) is 31.9 Å². The molecular formula is C21H17ClF4N4O5. The molecular weight excluding hydrogens is 500 g/mol. The van der Waals surface area contributed by atoms with Gasteiger partial charge in [-0.15, -0.1) is 0 Å². The summed E-state index contributed by atoms with van der Waals surface area (Å²) >= 11 is 6.10. The zero-order chi connectivity index (χ0) is 25.9. The van der Waals surface area contributed by atoms with Crippen molar-refractivity contribution in [1.29, 1.82) is 0 Å². The monoisotopic (exact) mass is 516 g/mol. The maximum absolute atomic E-state index is 14.7. The fourth-order valence-corrected chi connectivity index (χ4v) is 3.20. The molecule has 0 fully saturated rings. The van der Waals surface area contributed by atoms with Gasteiger partial charge in [0.05, 0.1) is 23.0 Å². The number of nitrogens with zero attached hydrogens (tertiary/aromatic N) is 3. The van der Waals surface area contributed by atoms with Crippen LogP contribution in [-0.4, -0.2) is 33.3 Å². The van der Waals surface area contributed by atoms with Crippen LogP contribution in [0.1, 0.15) is 12.6 Å². The Balaban J connectivity index is 2.05. The molecule has 0 unspecified atom stereocenters. The Kier molecular flexibility index (Phi) is 7.48. The van der Waals surface area contributed by atoms with Gasteiger partial charge in [-0.25, -0.2) is 23.5 Å². The van der Waals surface area contributed by atoms with Gasteiger partial charge in [-0.1, -0.05) is 11.6 Å². The smallest absolute Gasteiger partial charge is 0.431 e. The van der Waals surface area contributed by atoms with Crippen LogP contribution in [0.5, 0.6) is 5.88 Å². The molecule has 0 atom stereocenters. The second kappa shape index (κ2) is 10.2. The van der Waals surface area contributed by atoms with E-state index in [0.29, 0.717) is 0 Å². The van der Waals surface area contributed by atoms with Crippen molar-refractivity contribution < 1.29 is 31.8 Å². The summed E-state index contributed by atoms with van der Waals surface area (Å²) in [5, 5.41) is 2.59. The maximum Gasteiger partial charge on any atom is 0.431 e. The molecule has 0 aliphatic rings. The quantitative estimate of drug-likeness (QED) is 0.379. The lowest BCUT2D eigenvalue weighted by Crippen LogP contribution is -2.41. The number of carbonyl (C=O) groups excluding carboxylic acids is 1. The summed E-state index contributed by atoms with van der Waals surface area (Å²) in [6.07, 6.45) is -3.60. The zero-order valence-corrected chi connectivity index (χ0v) is 18.9. The van der Waals surface area contributed by atoms with E-state index in [4.69, 9.17) is 21.1 Å². The number of nitrogens with one attached hydrogen (secondary N) is 1. The molecule has 0 amide bonds. The van der Waals surface area contributed by atoms with Gasteiger partial charge in [0.25, 0.3) is 5.56 Å². The van der Waals surface area contributed by atoms with Crippen molar-refractivity contribution in [2.45, 2.75) is 13.1 Å². The maximum atomic E-state index is 14.7. The molecule has 14 heteroatoms. The Hall–Kier alpha value is -3.87. The average Bonchev–Trinajstić information content (AvgIpc) is 2.78. The lowest BCUT2D eigenvalue weighted by atomic mass is 10.2. The number of benzene rings is 1. The summed E-state index contributed by atoms with van der Waals surface area (Å²) in [4.78, 5) is 40.5. The highest BCUT2D eigenvalue weighted by Gasteiger charge is 2.35. The highest BCUT2D eigenvalue weighted by molar-refractivity contribution is 6.33. The standard InChI is InChI=1S/C21H17ClF4N4O5/c1-3-34-18(32)10-35-19-13(5-4-6-27-19)28-14-8-15(12(23)7-11(14)22)30-17(31)9-16(21(24,25)26)29(2)20(30)33/h4-9,28H,3,10H2,1-2H3. The number of ether oxygens (including phenoxy) is 2. The van der Waals surface area contributed by atoms with Crippen molar-refractivity contribution in [1.82, 2.24) is 14.1 Å². The van der Waals surface area contributed by atoms with Crippen molar-refractivity contribution in [2.75, 3.05) is 18.5 Å². The molecule has 1 N–H and O–H groups in total. The van der Waals surface area contributed by atoms with Gasteiger partial charge in [0.15, 0.2) is 6.61 Å². The molecule has 0 aliphatic heterocycles. The largest absolute Gasteiger partial charge is 0.464 e. The summed E-state index contributed by atoms with van der Waals surface area (Å²) in [6.45, 7) is 1.31. The number of hydrogen-bond acceptors (Lipinski definition) is 7. The summed E-state index contributed by atoms with van der Waals surface area (Å²) in [5.41, 5.74) is -4.82. The molecule has 0 radical (unpaired) electrons. The number of aromatic nitrogens is 3. The van der Waals surface area contributed by atoms with Crippen LogP contribution in [0, 0.1) is 5.82 Å². The molecule has 2 aromatic heterocycles. The van der Waals surface area contributed by atoms with Crippen molar-refractivity contribution in [3.8, 4) is 11.6 Å². The number of rotatable bonds is 7. The van der Waals surface area contributed by atoms with Crippen LogP contribution in [0.15, 0.2) is 46.1 Å². The summed E-state index contributed by atoms with van der Waals surface area (Å²) in [7, 11) is 0.802. The molecule has 186 valence electrons. The second-order valence-corrected chi connectivity index (χ2v) is 7.31. The molecule has 0 aliphatic carbocycles. The van der Waals surface area contributed by atoms with E-state index in [0.717, 1.165) is 19.2 Å².